The van der Waals surface area contributed by atoms with Gasteiger partial charge >= 0.3 is 0 Å². The van der Waals surface area contributed by atoms with Crippen molar-refractivity contribution in [2.24, 2.45) is 0 Å². The molecule has 0 aliphatic heterocycles. The second-order valence-electron chi connectivity index (χ2n) is 5.58. The summed E-state index contributed by atoms with van der Waals surface area (Å²) in [5, 5.41) is 2.83. The number of rotatable bonds is 6. The molecule has 1 aromatic heterocycles. The van der Waals surface area contributed by atoms with Crippen molar-refractivity contribution in [1.29, 1.82) is 0 Å². The van der Waals surface area contributed by atoms with Gasteiger partial charge in [0.2, 0.25) is 0 Å². The Morgan fingerprint density at radius 1 is 1.17 bits per heavy atom. The van der Waals surface area contributed by atoms with Gasteiger partial charge in [0.15, 0.2) is 0 Å². The molecule has 0 atom stereocenters. The second-order valence-corrected chi connectivity index (χ2v) is 5.58. The van der Waals surface area contributed by atoms with E-state index in [9.17, 15) is 4.79 Å². The van der Waals surface area contributed by atoms with E-state index in [4.69, 9.17) is 4.74 Å². The molecular formula is C18H23N3O2. The maximum Gasteiger partial charge on any atom is 0.255 e. The number of anilines is 1. The summed E-state index contributed by atoms with van der Waals surface area (Å²) < 4.78 is 4.95. The lowest BCUT2D eigenvalue weighted by Gasteiger charge is -2.17. The van der Waals surface area contributed by atoms with Crippen LogP contribution in [-0.4, -0.2) is 45.2 Å². The summed E-state index contributed by atoms with van der Waals surface area (Å²) in [4.78, 5) is 18.8. The molecule has 0 aliphatic rings. The number of carbonyl (C=O) groups is 1. The largest absolute Gasteiger partial charge is 0.383 e. The van der Waals surface area contributed by atoms with Crippen LogP contribution in [-0.2, 0) is 4.74 Å². The molecule has 0 unspecified atom stereocenters. The van der Waals surface area contributed by atoms with E-state index in [1.165, 1.54) is 5.56 Å². The smallest absolute Gasteiger partial charge is 0.255 e. The van der Waals surface area contributed by atoms with E-state index in [1.54, 1.807) is 7.11 Å². The molecule has 0 spiro atoms. The highest BCUT2D eigenvalue weighted by atomic mass is 16.5. The van der Waals surface area contributed by atoms with E-state index in [-0.39, 0.29) is 5.91 Å². The van der Waals surface area contributed by atoms with Crippen molar-refractivity contribution in [2.75, 3.05) is 39.3 Å². The predicted molar refractivity (Wildman–Crippen MR) is 92.9 cm³/mol. The van der Waals surface area contributed by atoms with Crippen LogP contribution in [0.1, 0.15) is 15.9 Å². The number of hydrogen-bond donors (Lipinski definition) is 1. The van der Waals surface area contributed by atoms with Crippen LogP contribution in [0.15, 0.2) is 36.4 Å². The molecule has 1 N–H and O–H groups in total. The van der Waals surface area contributed by atoms with Crippen LogP contribution in [0.25, 0.3) is 11.3 Å². The number of pyridine rings is 1. The molecule has 1 heterocycles. The highest BCUT2D eigenvalue weighted by Crippen LogP contribution is 2.23. The molecule has 1 amide bonds. The van der Waals surface area contributed by atoms with Crippen molar-refractivity contribution in [1.82, 2.24) is 10.3 Å². The van der Waals surface area contributed by atoms with E-state index < -0.39 is 0 Å². The number of ether oxygens (including phenoxy) is 1. The van der Waals surface area contributed by atoms with Gasteiger partial charge in [-0.3, -0.25) is 4.79 Å². The van der Waals surface area contributed by atoms with Gasteiger partial charge in [-0.25, -0.2) is 4.98 Å². The minimum absolute atomic E-state index is 0.145. The maximum absolute atomic E-state index is 12.3. The topological polar surface area (TPSA) is 54.5 Å². The van der Waals surface area contributed by atoms with Crippen LogP contribution < -0.4 is 10.2 Å². The number of aromatic nitrogens is 1. The van der Waals surface area contributed by atoms with E-state index in [0.29, 0.717) is 24.5 Å². The van der Waals surface area contributed by atoms with E-state index in [2.05, 4.69) is 29.4 Å². The molecule has 2 aromatic rings. The van der Waals surface area contributed by atoms with Gasteiger partial charge in [0.25, 0.3) is 5.91 Å². The third-order valence-corrected chi connectivity index (χ3v) is 3.48. The van der Waals surface area contributed by atoms with E-state index in [0.717, 1.165) is 11.3 Å². The first kappa shape index (κ1) is 17.0. The molecule has 0 bridgehead atoms. The lowest BCUT2D eigenvalue weighted by molar-refractivity contribution is 0.0937. The average Bonchev–Trinajstić information content (AvgIpc) is 2.55. The number of amides is 1. The normalized spacial score (nSPS) is 10.4. The van der Waals surface area contributed by atoms with Crippen LogP contribution >= 0.6 is 0 Å². The zero-order chi connectivity index (χ0) is 16.8. The minimum Gasteiger partial charge on any atom is -0.383 e. The van der Waals surface area contributed by atoms with Gasteiger partial charge in [-0.2, -0.15) is 0 Å². The molecule has 0 fully saturated rings. The molecule has 122 valence electrons. The quantitative estimate of drug-likeness (QED) is 0.833. The second kappa shape index (κ2) is 7.74. The molecule has 1 aromatic carbocycles. The Morgan fingerprint density at radius 3 is 2.48 bits per heavy atom. The van der Waals surface area contributed by atoms with Crippen molar-refractivity contribution in [2.45, 2.75) is 6.92 Å². The zero-order valence-electron chi connectivity index (χ0n) is 14.1. The number of benzene rings is 1. The molecule has 0 aliphatic carbocycles. The van der Waals surface area contributed by atoms with Crippen molar-refractivity contribution in [3.63, 3.8) is 0 Å². The number of methoxy groups -OCH3 is 1. The fraction of sp³-hybridized carbons (Fsp3) is 0.333. The first-order valence-electron chi connectivity index (χ1n) is 7.55. The van der Waals surface area contributed by atoms with Crippen LogP contribution in [0.5, 0.6) is 0 Å². The minimum atomic E-state index is -0.145. The van der Waals surface area contributed by atoms with Crippen LogP contribution in [0.4, 0.5) is 5.82 Å². The van der Waals surface area contributed by atoms with Gasteiger partial charge in [0.05, 0.1) is 17.9 Å². The molecule has 5 nitrogen and oxygen atoms in total. The summed E-state index contributed by atoms with van der Waals surface area (Å²) in [6, 6.07) is 11.9. The van der Waals surface area contributed by atoms with Gasteiger partial charge in [-0.1, -0.05) is 29.8 Å². The number of hydrogen-bond acceptors (Lipinski definition) is 4. The lowest BCUT2D eigenvalue weighted by Crippen LogP contribution is -2.29. The monoisotopic (exact) mass is 313 g/mol. The lowest BCUT2D eigenvalue weighted by atomic mass is 10.1. The Hall–Kier alpha value is -2.40. The van der Waals surface area contributed by atoms with Gasteiger partial charge in [0.1, 0.15) is 5.82 Å². The maximum atomic E-state index is 12.3. The average molecular weight is 313 g/mol. The molecule has 0 saturated heterocycles. The summed E-state index contributed by atoms with van der Waals surface area (Å²) in [7, 11) is 5.37. The van der Waals surface area contributed by atoms with Gasteiger partial charge < -0.3 is 15.0 Å². The first-order chi connectivity index (χ1) is 11.0. The first-order valence-corrected chi connectivity index (χ1v) is 7.55. The highest BCUT2D eigenvalue weighted by molar-refractivity contribution is 5.99. The fourth-order valence-corrected chi connectivity index (χ4v) is 2.21. The van der Waals surface area contributed by atoms with Crippen molar-refractivity contribution >= 4 is 11.7 Å². The molecule has 5 heteroatoms. The molecular weight excluding hydrogens is 290 g/mol. The highest BCUT2D eigenvalue weighted by Gasteiger charge is 2.15. The van der Waals surface area contributed by atoms with E-state index >= 15 is 0 Å². The Labute approximate surface area is 137 Å². The molecule has 0 saturated carbocycles. The Morgan fingerprint density at radius 2 is 1.87 bits per heavy atom. The van der Waals surface area contributed by atoms with Crippen LogP contribution in [0.2, 0.25) is 0 Å². The molecule has 23 heavy (non-hydrogen) atoms. The van der Waals surface area contributed by atoms with Crippen molar-refractivity contribution in [3.05, 3.63) is 47.5 Å². The fourth-order valence-electron chi connectivity index (χ4n) is 2.21. The van der Waals surface area contributed by atoms with Crippen LogP contribution in [0.3, 0.4) is 0 Å². The van der Waals surface area contributed by atoms with Crippen molar-refractivity contribution in [3.8, 4) is 11.3 Å². The summed E-state index contributed by atoms with van der Waals surface area (Å²) >= 11 is 0. The number of nitrogens with one attached hydrogen (secondary N) is 1. The Bertz CT molecular complexity index is 666. The third kappa shape index (κ3) is 4.29. The standard InChI is InChI=1S/C18H23N3O2/c1-13-5-7-14(8-6-13)16-10-9-15(17(20-16)21(2)3)18(22)19-11-12-23-4/h5-10H,11-12H2,1-4H3,(H,19,22). The van der Waals surface area contributed by atoms with Crippen molar-refractivity contribution < 1.29 is 9.53 Å². The Balaban J connectivity index is 2.31. The summed E-state index contributed by atoms with van der Waals surface area (Å²) in [5.74, 6) is 0.506. The van der Waals surface area contributed by atoms with Gasteiger partial charge in [-0.05, 0) is 19.1 Å². The Kier molecular flexibility index (Phi) is 5.71. The number of aryl methyl sites for hydroxylation is 1. The number of nitrogens with zero attached hydrogens (tertiary/aromatic N) is 2. The number of carbonyl (C=O) groups excluding carboxylic acids is 1. The molecule has 2 rings (SSSR count). The predicted octanol–water partition coefficient (Wildman–Crippen LogP) is 2.50. The van der Waals surface area contributed by atoms with Crippen LogP contribution in [0, 0.1) is 6.92 Å². The van der Waals surface area contributed by atoms with Gasteiger partial charge in [-0.15, -0.1) is 0 Å². The van der Waals surface area contributed by atoms with Gasteiger partial charge in [0, 0.05) is 33.3 Å². The molecule has 0 radical (unpaired) electrons. The van der Waals surface area contributed by atoms with E-state index in [1.807, 2.05) is 43.3 Å². The summed E-state index contributed by atoms with van der Waals surface area (Å²) in [6.07, 6.45) is 0. The summed E-state index contributed by atoms with van der Waals surface area (Å²) in [6.45, 7) is 3.01. The third-order valence-electron chi connectivity index (χ3n) is 3.48. The zero-order valence-corrected chi connectivity index (χ0v) is 14.1. The SMILES string of the molecule is COCCNC(=O)c1ccc(-c2ccc(C)cc2)nc1N(C)C. The summed E-state index contributed by atoms with van der Waals surface area (Å²) in [5.41, 5.74) is 3.64.